The monoisotopic (exact) mass is 413 g/mol. The zero-order valence-electron chi connectivity index (χ0n) is 11.7. The Kier molecular flexibility index (Phi) is 6.08. The molecule has 0 saturated heterocycles. The minimum absolute atomic E-state index is 0.301. The van der Waals surface area contributed by atoms with Crippen LogP contribution in [0.15, 0.2) is 45.3 Å². The highest BCUT2D eigenvalue weighted by atomic mass is 79.9. The van der Waals surface area contributed by atoms with Crippen LogP contribution in [0.3, 0.4) is 0 Å². The Morgan fingerprint density at radius 2 is 1.86 bits per heavy atom. The van der Waals surface area contributed by atoms with Gasteiger partial charge in [0.25, 0.3) is 0 Å². The van der Waals surface area contributed by atoms with E-state index in [1.165, 1.54) is 5.56 Å². The molecule has 0 spiro atoms. The molecule has 0 radical (unpaired) electrons. The van der Waals surface area contributed by atoms with Crippen LogP contribution in [0.25, 0.3) is 0 Å². The summed E-state index contributed by atoms with van der Waals surface area (Å²) < 4.78 is 7.38. The molecule has 0 aliphatic heterocycles. The van der Waals surface area contributed by atoms with Crippen LogP contribution in [0.5, 0.6) is 11.5 Å². The van der Waals surface area contributed by atoms with Crippen molar-refractivity contribution >= 4 is 31.9 Å². The van der Waals surface area contributed by atoms with Crippen LogP contribution in [0.1, 0.15) is 11.1 Å². The van der Waals surface area contributed by atoms with Crippen molar-refractivity contribution in [2.45, 2.75) is 13.0 Å². The lowest BCUT2D eigenvalue weighted by Crippen LogP contribution is -2.17. The van der Waals surface area contributed by atoms with E-state index in [9.17, 15) is 5.11 Å². The number of hydrogen-bond donors (Lipinski definition) is 2. The van der Waals surface area contributed by atoms with Gasteiger partial charge in [0.15, 0.2) is 0 Å². The molecule has 2 rings (SSSR count). The van der Waals surface area contributed by atoms with Gasteiger partial charge in [-0.25, -0.2) is 0 Å². The lowest BCUT2D eigenvalue weighted by atomic mass is 10.1. The van der Waals surface area contributed by atoms with E-state index >= 15 is 0 Å². The molecule has 21 heavy (non-hydrogen) atoms. The van der Waals surface area contributed by atoms with E-state index in [2.05, 4.69) is 43.2 Å². The second kappa shape index (κ2) is 7.82. The van der Waals surface area contributed by atoms with E-state index in [1.807, 2.05) is 18.2 Å². The summed E-state index contributed by atoms with van der Waals surface area (Å²) in [5.41, 5.74) is 2.30. The molecule has 0 aromatic heterocycles. The first-order valence-electron chi connectivity index (χ1n) is 6.60. The van der Waals surface area contributed by atoms with Crippen molar-refractivity contribution in [2.24, 2.45) is 0 Å². The van der Waals surface area contributed by atoms with E-state index < -0.39 is 0 Å². The van der Waals surface area contributed by atoms with Crippen molar-refractivity contribution in [3.63, 3.8) is 0 Å². The molecule has 0 atom stereocenters. The molecule has 0 unspecified atom stereocenters. The Morgan fingerprint density at radius 1 is 1.14 bits per heavy atom. The number of nitrogens with one attached hydrogen (secondary N) is 1. The van der Waals surface area contributed by atoms with Gasteiger partial charge >= 0.3 is 0 Å². The molecule has 0 heterocycles. The Hall–Kier alpha value is -1.04. The second-order valence-corrected chi connectivity index (χ2v) is 6.44. The average molecular weight is 415 g/mol. The third-order valence-electron chi connectivity index (χ3n) is 3.13. The second-order valence-electron chi connectivity index (χ2n) is 4.67. The number of methoxy groups -OCH3 is 1. The highest BCUT2D eigenvalue weighted by Crippen LogP contribution is 2.32. The maximum atomic E-state index is 9.25. The number of hydrogen-bond acceptors (Lipinski definition) is 3. The number of halogens is 2. The molecule has 0 amide bonds. The van der Waals surface area contributed by atoms with E-state index in [4.69, 9.17) is 4.74 Å². The molecule has 2 aromatic carbocycles. The fourth-order valence-electron chi connectivity index (χ4n) is 2.09. The number of phenolic OH excluding ortho intramolecular Hbond substituents is 1. The fourth-order valence-corrected chi connectivity index (χ4v) is 3.57. The first kappa shape index (κ1) is 16.3. The molecule has 0 bridgehead atoms. The maximum Gasteiger partial charge on any atom is 0.137 e. The van der Waals surface area contributed by atoms with E-state index in [-0.39, 0.29) is 0 Å². The van der Waals surface area contributed by atoms with Gasteiger partial charge < -0.3 is 15.2 Å². The summed E-state index contributed by atoms with van der Waals surface area (Å²) in [7, 11) is 1.67. The van der Waals surface area contributed by atoms with Crippen molar-refractivity contribution in [3.05, 3.63) is 56.5 Å². The number of ether oxygens (including phenoxy) is 1. The van der Waals surface area contributed by atoms with Gasteiger partial charge in [-0.3, -0.25) is 0 Å². The van der Waals surface area contributed by atoms with Crippen LogP contribution >= 0.6 is 31.9 Å². The molecule has 3 nitrogen and oxygen atoms in total. The third-order valence-corrected chi connectivity index (χ3v) is 4.18. The molecule has 2 N–H and O–H groups in total. The largest absolute Gasteiger partial charge is 0.508 e. The lowest BCUT2D eigenvalue weighted by Gasteiger charge is -2.12. The fraction of sp³-hybridized carbons (Fsp3) is 0.250. The summed E-state index contributed by atoms with van der Waals surface area (Å²) in [6, 6.07) is 11.3. The van der Waals surface area contributed by atoms with Crippen LogP contribution in [0.2, 0.25) is 0 Å². The van der Waals surface area contributed by atoms with Crippen LogP contribution in [-0.2, 0) is 13.0 Å². The van der Waals surface area contributed by atoms with Crippen LogP contribution < -0.4 is 10.1 Å². The smallest absolute Gasteiger partial charge is 0.137 e. The van der Waals surface area contributed by atoms with E-state index in [0.29, 0.717) is 5.75 Å². The Bertz CT molecular complexity index is 600. The lowest BCUT2D eigenvalue weighted by molar-refractivity contribution is 0.405. The van der Waals surface area contributed by atoms with Crippen molar-refractivity contribution in [3.8, 4) is 11.5 Å². The third kappa shape index (κ3) is 4.73. The van der Waals surface area contributed by atoms with Crippen LogP contribution in [0, 0.1) is 0 Å². The van der Waals surface area contributed by atoms with Crippen molar-refractivity contribution < 1.29 is 9.84 Å². The van der Waals surface area contributed by atoms with Crippen LogP contribution in [0.4, 0.5) is 0 Å². The topological polar surface area (TPSA) is 41.5 Å². The standard InChI is InChI=1S/C16H17Br2NO2/c1-21-16-12(8-13(17)9-15(16)18)10-19-7-6-11-2-4-14(20)5-3-11/h2-5,8-9,19-20H,6-7,10H2,1H3. The minimum Gasteiger partial charge on any atom is -0.508 e. The molecule has 112 valence electrons. The normalized spacial score (nSPS) is 10.6. The molecule has 5 heteroatoms. The van der Waals surface area contributed by atoms with Gasteiger partial charge in [0, 0.05) is 16.6 Å². The molecule has 0 saturated carbocycles. The number of benzene rings is 2. The summed E-state index contributed by atoms with van der Waals surface area (Å²) in [6.07, 6.45) is 0.914. The van der Waals surface area contributed by atoms with E-state index in [1.54, 1.807) is 19.2 Å². The SMILES string of the molecule is COc1c(Br)cc(Br)cc1CNCCc1ccc(O)cc1. The minimum atomic E-state index is 0.301. The van der Waals surface area contributed by atoms with Crippen molar-refractivity contribution in [2.75, 3.05) is 13.7 Å². The molecule has 0 fully saturated rings. The Balaban J connectivity index is 1.90. The predicted molar refractivity (Wildman–Crippen MR) is 91.9 cm³/mol. The highest BCUT2D eigenvalue weighted by Gasteiger charge is 2.08. The van der Waals surface area contributed by atoms with Gasteiger partial charge in [-0.1, -0.05) is 28.1 Å². The first-order chi connectivity index (χ1) is 10.1. The predicted octanol–water partition coefficient (Wildman–Crippen LogP) is 4.26. The maximum absolute atomic E-state index is 9.25. The van der Waals surface area contributed by atoms with Gasteiger partial charge in [0.2, 0.25) is 0 Å². The molecule has 0 aliphatic carbocycles. The first-order valence-corrected chi connectivity index (χ1v) is 8.19. The van der Waals surface area contributed by atoms with Crippen molar-refractivity contribution in [1.29, 1.82) is 0 Å². The van der Waals surface area contributed by atoms with Gasteiger partial charge in [-0.15, -0.1) is 0 Å². The average Bonchev–Trinajstić information content (AvgIpc) is 2.45. The summed E-state index contributed by atoms with van der Waals surface area (Å²) >= 11 is 7.00. The Labute approximate surface area is 141 Å². The van der Waals surface area contributed by atoms with Gasteiger partial charge in [0.05, 0.1) is 11.6 Å². The number of rotatable bonds is 6. The summed E-state index contributed by atoms with van der Waals surface area (Å²) in [4.78, 5) is 0. The van der Waals surface area contributed by atoms with Gasteiger partial charge in [-0.05, 0) is 58.7 Å². The summed E-state index contributed by atoms with van der Waals surface area (Å²) in [6.45, 7) is 1.59. The zero-order chi connectivity index (χ0) is 15.2. The quantitative estimate of drug-likeness (QED) is 0.694. The molecular weight excluding hydrogens is 398 g/mol. The summed E-state index contributed by atoms with van der Waals surface area (Å²) in [5, 5.41) is 12.7. The number of aromatic hydroxyl groups is 1. The molecular formula is C16H17Br2NO2. The number of phenols is 1. The zero-order valence-corrected chi connectivity index (χ0v) is 14.9. The van der Waals surface area contributed by atoms with E-state index in [0.717, 1.165) is 39.8 Å². The van der Waals surface area contributed by atoms with Gasteiger partial charge in [0.1, 0.15) is 11.5 Å². The van der Waals surface area contributed by atoms with Gasteiger partial charge in [-0.2, -0.15) is 0 Å². The summed E-state index contributed by atoms with van der Waals surface area (Å²) in [5.74, 6) is 1.16. The van der Waals surface area contributed by atoms with Crippen molar-refractivity contribution in [1.82, 2.24) is 5.32 Å². The Morgan fingerprint density at radius 3 is 2.52 bits per heavy atom. The molecule has 2 aromatic rings. The highest BCUT2D eigenvalue weighted by molar-refractivity contribution is 9.11. The van der Waals surface area contributed by atoms with Crippen LogP contribution in [-0.4, -0.2) is 18.8 Å². The molecule has 0 aliphatic rings.